The number of aliphatic hydroxyl groups is 2. The van der Waals surface area contributed by atoms with E-state index in [0.29, 0.717) is 22.7 Å². The largest absolute Gasteiger partial charge is 0.393 e. The van der Waals surface area contributed by atoms with Crippen LogP contribution in [0.1, 0.15) is 184 Å². The predicted octanol–water partition coefficient (Wildman–Crippen LogP) is 15.3. The van der Waals surface area contributed by atoms with Crippen LogP contribution in [0.4, 0.5) is 0 Å². The summed E-state index contributed by atoms with van der Waals surface area (Å²) < 4.78 is 0. The molecule has 0 radical (unpaired) electrons. The average molecular weight is 781 g/mol. The van der Waals surface area contributed by atoms with Gasteiger partial charge in [-0.3, -0.25) is 0 Å². The normalized spacial score (nSPS) is 37.9. The van der Waals surface area contributed by atoms with Gasteiger partial charge in [0.2, 0.25) is 0 Å². The van der Waals surface area contributed by atoms with E-state index in [0.717, 1.165) is 80.0 Å². The summed E-state index contributed by atoms with van der Waals surface area (Å²) in [5.41, 5.74) is 9.32. The van der Waals surface area contributed by atoms with Crippen LogP contribution in [0.5, 0.6) is 0 Å². The fourth-order valence-corrected chi connectivity index (χ4v) is 12.9. The van der Waals surface area contributed by atoms with Crippen molar-refractivity contribution in [3.63, 3.8) is 0 Å². The molecule has 0 heterocycles. The molecular formula is C55H88O2. The maximum absolute atomic E-state index is 10.0. The standard InChI is InChI=1S/C28H44O.C27H44O/c1-19(2)20(3)9-10-22(5)26-15-16-27-23(8-7-17-28(26,27)6)12-13-24-18-25(29)14-11-21(24)4;1-19(2)8-6-9-21(4)25-15-16-26-22(10-7-17-27(25,26)5)12-13-23-18-24(28)14-11-20(23)3/h9-10,12-13,19-20,22,25-27,29H,4,7-8,11,14-18H2,1-3,5-6H3;12-13,19,21,24-26,28H,3,6-11,14-18H2,1-2,4-5H3/b10-9+,23-12+,24-13-;22-12+,23-13-/t20-,22?,25-,26+,27-,28+;21?,24-,25+,26-,27+/m00/s1. The van der Waals surface area contributed by atoms with Crippen LogP contribution in [0.3, 0.4) is 0 Å². The van der Waals surface area contributed by atoms with Gasteiger partial charge in [-0.1, -0.05) is 153 Å². The highest BCUT2D eigenvalue weighted by Crippen LogP contribution is 2.61. The number of hydrogen-bond donors (Lipinski definition) is 2. The van der Waals surface area contributed by atoms with Crippen molar-refractivity contribution in [1.29, 1.82) is 0 Å². The molecule has 6 fully saturated rings. The third-order valence-electron chi connectivity index (χ3n) is 17.0. The highest BCUT2D eigenvalue weighted by Gasteiger charge is 2.51. The van der Waals surface area contributed by atoms with E-state index in [1.165, 1.54) is 106 Å². The number of rotatable bonds is 11. The van der Waals surface area contributed by atoms with Crippen LogP contribution in [0.15, 0.2) is 83.1 Å². The number of fused-ring (bicyclic) bond motifs is 2. The molecular weight excluding hydrogens is 693 g/mol. The second-order valence-electron chi connectivity index (χ2n) is 21.7. The van der Waals surface area contributed by atoms with Crippen LogP contribution in [-0.4, -0.2) is 22.4 Å². The Kier molecular flexibility index (Phi) is 16.7. The van der Waals surface area contributed by atoms with Crippen molar-refractivity contribution in [3.05, 3.63) is 83.1 Å². The Morgan fingerprint density at radius 1 is 0.614 bits per heavy atom. The SMILES string of the molecule is C=C1CC[C@H](O)C/C1=C/C=C1\CCC[C@]2(C)[C@@H](C(C)/C=C/[C@H](C)C(C)C)CC[C@@H]12.C=C1CC[C@H](O)C/C1=C/C=C1\CCC[C@]2(C)[C@@H](C(C)CCCC(C)C)CC[C@@H]12. The molecule has 11 atom stereocenters. The Morgan fingerprint density at radius 2 is 1.11 bits per heavy atom. The molecule has 0 aromatic heterocycles. The second kappa shape index (κ2) is 20.6. The second-order valence-corrected chi connectivity index (χ2v) is 21.7. The molecule has 0 spiro atoms. The molecule has 57 heavy (non-hydrogen) atoms. The molecule has 0 amide bonds. The lowest BCUT2D eigenvalue weighted by molar-refractivity contribution is 0.0928. The molecule has 2 heteroatoms. The lowest BCUT2D eigenvalue weighted by Crippen LogP contribution is -2.36. The predicted molar refractivity (Wildman–Crippen MR) is 247 cm³/mol. The molecule has 2 N–H and O–H groups in total. The van der Waals surface area contributed by atoms with Gasteiger partial charge in [-0.05, 0) is 178 Å². The van der Waals surface area contributed by atoms with Gasteiger partial charge in [0, 0.05) is 0 Å². The summed E-state index contributed by atoms with van der Waals surface area (Å²) in [4.78, 5) is 0. The Labute approximate surface area is 352 Å². The van der Waals surface area contributed by atoms with E-state index in [9.17, 15) is 10.2 Å². The first kappa shape index (κ1) is 46.2. The third kappa shape index (κ3) is 11.5. The van der Waals surface area contributed by atoms with Gasteiger partial charge >= 0.3 is 0 Å². The lowest BCUT2D eigenvalue weighted by Gasteiger charge is -2.44. The quantitative estimate of drug-likeness (QED) is 0.205. The summed E-state index contributed by atoms with van der Waals surface area (Å²) in [5, 5.41) is 20.1. The van der Waals surface area contributed by atoms with Crippen molar-refractivity contribution in [1.82, 2.24) is 0 Å². The summed E-state index contributed by atoms with van der Waals surface area (Å²) >= 11 is 0. The molecule has 320 valence electrons. The first-order valence-electron chi connectivity index (χ1n) is 24.2. The third-order valence-corrected chi connectivity index (χ3v) is 17.0. The van der Waals surface area contributed by atoms with Crippen LogP contribution in [0.25, 0.3) is 0 Å². The Bertz CT molecular complexity index is 1510. The summed E-state index contributed by atoms with van der Waals surface area (Å²) in [5.74, 6) is 6.95. The lowest BCUT2D eigenvalue weighted by atomic mass is 9.60. The fraction of sp³-hybridized carbons (Fsp3) is 0.745. The first-order chi connectivity index (χ1) is 27.0. The van der Waals surface area contributed by atoms with Crippen LogP contribution >= 0.6 is 0 Å². The van der Waals surface area contributed by atoms with Crippen molar-refractivity contribution < 1.29 is 10.2 Å². The monoisotopic (exact) mass is 781 g/mol. The molecule has 0 aliphatic heterocycles. The maximum atomic E-state index is 10.0. The van der Waals surface area contributed by atoms with E-state index in [1.54, 1.807) is 11.1 Å². The maximum Gasteiger partial charge on any atom is 0.0583 e. The Hall–Kier alpha value is -1.90. The van der Waals surface area contributed by atoms with E-state index in [1.807, 2.05) is 0 Å². The van der Waals surface area contributed by atoms with E-state index in [2.05, 4.69) is 112 Å². The molecule has 0 saturated heterocycles. The van der Waals surface area contributed by atoms with Gasteiger partial charge in [-0.2, -0.15) is 0 Å². The highest BCUT2D eigenvalue weighted by atomic mass is 16.3. The van der Waals surface area contributed by atoms with Crippen LogP contribution in [0.2, 0.25) is 0 Å². The van der Waals surface area contributed by atoms with Crippen molar-refractivity contribution in [2.45, 2.75) is 197 Å². The van der Waals surface area contributed by atoms with Gasteiger partial charge in [-0.25, -0.2) is 0 Å². The molecule has 2 nitrogen and oxygen atoms in total. The summed E-state index contributed by atoms with van der Waals surface area (Å²) in [7, 11) is 0. The number of aliphatic hydroxyl groups excluding tert-OH is 2. The average Bonchev–Trinajstić information content (AvgIpc) is 3.71. The number of allylic oxidation sites excluding steroid dienone is 10. The zero-order valence-electron chi connectivity index (χ0n) is 38.6. The molecule has 2 unspecified atom stereocenters. The highest BCUT2D eigenvalue weighted by molar-refractivity contribution is 5.37. The molecule has 0 bridgehead atoms. The van der Waals surface area contributed by atoms with Crippen molar-refractivity contribution in [3.8, 4) is 0 Å². The Balaban J connectivity index is 0.000000218. The van der Waals surface area contributed by atoms with Crippen LogP contribution in [-0.2, 0) is 0 Å². The van der Waals surface area contributed by atoms with Gasteiger partial charge < -0.3 is 10.2 Å². The molecule has 0 aromatic carbocycles. The van der Waals surface area contributed by atoms with E-state index in [4.69, 9.17) is 0 Å². The smallest absolute Gasteiger partial charge is 0.0583 e. The molecule has 6 aliphatic rings. The summed E-state index contributed by atoms with van der Waals surface area (Å²) in [6.07, 6.45) is 37.0. The molecule has 6 rings (SSSR count). The van der Waals surface area contributed by atoms with Gasteiger partial charge in [-0.15, -0.1) is 0 Å². The minimum absolute atomic E-state index is 0.172. The van der Waals surface area contributed by atoms with Gasteiger partial charge in [0.15, 0.2) is 0 Å². The molecule has 6 saturated carbocycles. The molecule has 6 aliphatic carbocycles. The van der Waals surface area contributed by atoms with E-state index < -0.39 is 0 Å². The zero-order valence-corrected chi connectivity index (χ0v) is 38.6. The summed E-state index contributed by atoms with van der Waals surface area (Å²) in [6.45, 7) is 30.3. The fourth-order valence-electron chi connectivity index (χ4n) is 12.9. The van der Waals surface area contributed by atoms with Gasteiger partial charge in [0.1, 0.15) is 0 Å². The number of hydrogen-bond acceptors (Lipinski definition) is 2. The van der Waals surface area contributed by atoms with E-state index in [-0.39, 0.29) is 12.2 Å². The van der Waals surface area contributed by atoms with Crippen LogP contribution in [0, 0.1) is 64.1 Å². The Morgan fingerprint density at radius 3 is 1.60 bits per heavy atom. The van der Waals surface area contributed by atoms with Crippen LogP contribution < -0.4 is 0 Å². The minimum atomic E-state index is -0.182. The van der Waals surface area contributed by atoms with Gasteiger partial charge in [0.05, 0.1) is 12.2 Å². The summed E-state index contributed by atoms with van der Waals surface area (Å²) in [6, 6.07) is 0. The van der Waals surface area contributed by atoms with E-state index >= 15 is 0 Å². The first-order valence-corrected chi connectivity index (χ1v) is 24.2. The van der Waals surface area contributed by atoms with Crippen molar-refractivity contribution in [2.24, 2.45) is 64.1 Å². The topological polar surface area (TPSA) is 40.5 Å². The molecule has 0 aromatic rings. The minimum Gasteiger partial charge on any atom is -0.393 e. The zero-order chi connectivity index (χ0) is 41.5. The van der Waals surface area contributed by atoms with Crippen molar-refractivity contribution >= 4 is 0 Å². The van der Waals surface area contributed by atoms with Crippen molar-refractivity contribution in [2.75, 3.05) is 0 Å². The van der Waals surface area contributed by atoms with Gasteiger partial charge in [0.25, 0.3) is 0 Å².